The van der Waals surface area contributed by atoms with E-state index < -0.39 is 5.41 Å². The van der Waals surface area contributed by atoms with Crippen molar-refractivity contribution in [2.24, 2.45) is 11.1 Å². The normalized spacial score (nSPS) is 32.5. The number of hydrogen-bond acceptors (Lipinski definition) is 4. The van der Waals surface area contributed by atoms with Crippen molar-refractivity contribution in [3.63, 3.8) is 0 Å². The molecule has 1 aromatic carbocycles. The maximum Gasteiger partial charge on any atom is 0.143 e. The van der Waals surface area contributed by atoms with Gasteiger partial charge in [-0.1, -0.05) is 18.2 Å². The van der Waals surface area contributed by atoms with E-state index in [2.05, 4.69) is 6.07 Å². The average Bonchev–Trinajstić information content (AvgIpc) is 2.80. The van der Waals surface area contributed by atoms with Crippen LogP contribution in [0.3, 0.4) is 0 Å². The second-order valence-corrected chi connectivity index (χ2v) is 6.04. The molecule has 4 heteroatoms. The molecular weight excluding hydrogens is 254 g/mol. The van der Waals surface area contributed by atoms with Gasteiger partial charge in [0, 0.05) is 12.5 Å². The average molecular weight is 275 g/mol. The maximum atomic E-state index is 12.7. The first-order valence-corrected chi connectivity index (χ1v) is 7.19. The summed E-state index contributed by atoms with van der Waals surface area (Å²) in [6, 6.07) is 7.80. The molecule has 0 amide bonds. The highest BCUT2D eigenvalue weighted by Gasteiger charge is 2.44. The summed E-state index contributed by atoms with van der Waals surface area (Å²) in [6.45, 7) is 3.52. The Kier molecular flexibility index (Phi) is 3.52. The molecular formula is C16H21NO3. The first kappa shape index (κ1) is 13.6. The predicted octanol–water partition coefficient (Wildman–Crippen LogP) is 1.88. The molecule has 1 saturated heterocycles. The van der Waals surface area contributed by atoms with E-state index in [4.69, 9.17) is 15.2 Å². The molecule has 0 aromatic heterocycles. The van der Waals surface area contributed by atoms with Crippen LogP contribution in [-0.4, -0.2) is 31.6 Å². The number of ketones is 1. The van der Waals surface area contributed by atoms with E-state index in [1.165, 1.54) is 0 Å². The van der Waals surface area contributed by atoms with Crippen LogP contribution in [0.2, 0.25) is 0 Å². The van der Waals surface area contributed by atoms with Gasteiger partial charge in [-0.25, -0.2) is 0 Å². The molecule has 3 unspecified atom stereocenters. The second kappa shape index (κ2) is 5.19. The second-order valence-electron chi connectivity index (χ2n) is 6.04. The van der Waals surface area contributed by atoms with E-state index >= 15 is 0 Å². The summed E-state index contributed by atoms with van der Waals surface area (Å²) in [5.74, 6) is 1.36. The van der Waals surface area contributed by atoms with Gasteiger partial charge < -0.3 is 15.2 Å². The number of carbonyl (C=O) groups is 1. The highest BCUT2D eigenvalue weighted by molar-refractivity contribution is 5.86. The summed E-state index contributed by atoms with van der Waals surface area (Å²) in [5.41, 5.74) is 6.65. The molecule has 1 aromatic rings. The third-order valence-electron chi connectivity index (χ3n) is 4.67. The number of fused-ring (bicyclic) bond motifs is 1. The van der Waals surface area contributed by atoms with Crippen LogP contribution in [-0.2, 0) is 9.53 Å². The quantitative estimate of drug-likeness (QED) is 0.915. The van der Waals surface area contributed by atoms with Crippen molar-refractivity contribution >= 4 is 5.78 Å². The molecule has 1 fully saturated rings. The van der Waals surface area contributed by atoms with Crippen LogP contribution in [0.4, 0.5) is 0 Å². The third-order valence-corrected chi connectivity index (χ3v) is 4.67. The highest BCUT2D eigenvalue weighted by Crippen LogP contribution is 2.39. The molecule has 0 bridgehead atoms. The van der Waals surface area contributed by atoms with Crippen molar-refractivity contribution in [1.82, 2.24) is 0 Å². The van der Waals surface area contributed by atoms with E-state index in [1.54, 1.807) is 0 Å². The minimum Gasteiger partial charge on any atom is -0.493 e. The Morgan fingerprint density at radius 3 is 3.00 bits per heavy atom. The summed E-state index contributed by atoms with van der Waals surface area (Å²) >= 11 is 0. The van der Waals surface area contributed by atoms with E-state index in [9.17, 15) is 4.79 Å². The van der Waals surface area contributed by atoms with Gasteiger partial charge in [-0.2, -0.15) is 0 Å². The Morgan fingerprint density at radius 2 is 2.25 bits per heavy atom. The van der Waals surface area contributed by atoms with E-state index in [1.807, 2.05) is 25.1 Å². The zero-order valence-electron chi connectivity index (χ0n) is 11.8. The molecule has 3 atom stereocenters. The first-order chi connectivity index (χ1) is 9.61. The molecule has 0 saturated carbocycles. The van der Waals surface area contributed by atoms with Crippen molar-refractivity contribution < 1.29 is 14.3 Å². The van der Waals surface area contributed by atoms with Gasteiger partial charge in [-0.05, 0) is 30.9 Å². The van der Waals surface area contributed by atoms with Gasteiger partial charge >= 0.3 is 0 Å². The van der Waals surface area contributed by atoms with Crippen molar-refractivity contribution in [2.75, 3.05) is 19.8 Å². The van der Waals surface area contributed by atoms with E-state index in [0.717, 1.165) is 17.7 Å². The summed E-state index contributed by atoms with van der Waals surface area (Å²) < 4.78 is 11.0. The monoisotopic (exact) mass is 275 g/mol. The molecule has 2 aliphatic rings. The van der Waals surface area contributed by atoms with E-state index in [-0.39, 0.29) is 17.7 Å². The Morgan fingerprint density at radius 1 is 1.45 bits per heavy atom. The number of para-hydroxylation sites is 1. The molecule has 2 N–H and O–H groups in total. The first-order valence-electron chi connectivity index (χ1n) is 7.19. The molecule has 4 nitrogen and oxygen atoms in total. The van der Waals surface area contributed by atoms with Gasteiger partial charge in [0.1, 0.15) is 11.5 Å². The maximum absolute atomic E-state index is 12.7. The topological polar surface area (TPSA) is 61.5 Å². The predicted molar refractivity (Wildman–Crippen MR) is 75.8 cm³/mol. The van der Waals surface area contributed by atoms with Crippen LogP contribution >= 0.6 is 0 Å². The number of rotatable bonds is 3. The molecule has 3 rings (SSSR count). The van der Waals surface area contributed by atoms with Crippen molar-refractivity contribution in [3.8, 4) is 5.75 Å². The smallest absolute Gasteiger partial charge is 0.143 e. The van der Waals surface area contributed by atoms with Gasteiger partial charge in [0.25, 0.3) is 0 Å². The van der Waals surface area contributed by atoms with Crippen LogP contribution in [0, 0.1) is 5.41 Å². The lowest BCUT2D eigenvalue weighted by Gasteiger charge is -2.30. The number of Topliss-reactive ketones (excluding diaryl/α,β-unsaturated/α-hetero) is 1. The number of benzene rings is 1. The number of nitrogens with two attached hydrogens (primary N) is 1. The molecule has 0 aliphatic carbocycles. The minimum atomic E-state index is -0.534. The van der Waals surface area contributed by atoms with Gasteiger partial charge in [-0.15, -0.1) is 0 Å². The Bertz CT molecular complexity index is 516. The lowest BCUT2D eigenvalue weighted by Crippen LogP contribution is -2.45. The van der Waals surface area contributed by atoms with Crippen molar-refractivity contribution in [3.05, 3.63) is 29.8 Å². The zero-order valence-corrected chi connectivity index (χ0v) is 11.8. The largest absolute Gasteiger partial charge is 0.493 e. The van der Waals surface area contributed by atoms with Gasteiger partial charge in [-0.3, -0.25) is 4.79 Å². The zero-order chi connectivity index (χ0) is 14.2. The Balaban J connectivity index is 1.77. The fraction of sp³-hybridized carbons (Fsp3) is 0.562. The Labute approximate surface area is 119 Å². The third kappa shape index (κ3) is 2.23. The minimum absolute atomic E-state index is 0.190. The molecule has 108 valence electrons. The van der Waals surface area contributed by atoms with Crippen molar-refractivity contribution in [1.29, 1.82) is 0 Å². The molecule has 2 aliphatic heterocycles. The fourth-order valence-corrected chi connectivity index (χ4v) is 3.06. The Hall–Kier alpha value is -1.39. The van der Waals surface area contributed by atoms with Crippen LogP contribution in [0.15, 0.2) is 24.3 Å². The van der Waals surface area contributed by atoms with E-state index in [0.29, 0.717) is 26.2 Å². The summed E-state index contributed by atoms with van der Waals surface area (Å²) in [7, 11) is 0. The number of carbonyl (C=O) groups excluding carboxylic acids is 1. The molecule has 20 heavy (non-hydrogen) atoms. The molecule has 0 spiro atoms. The van der Waals surface area contributed by atoms with Crippen LogP contribution in [0.5, 0.6) is 5.75 Å². The number of ether oxygens (including phenoxy) is 2. The summed E-state index contributed by atoms with van der Waals surface area (Å²) in [5, 5.41) is 0. The summed E-state index contributed by atoms with van der Waals surface area (Å²) in [4.78, 5) is 12.7. The number of hydrogen-bond donors (Lipinski definition) is 1. The standard InChI is InChI=1S/C16H21NO3/c1-16(10-19-9-14(16)17)15(18)8-11-6-7-20-13-5-3-2-4-12(11)13/h2-5,11,14H,6-10,17H2,1H3. The SMILES string of the molecule is CC1(C(=O)CC2CCOc3ccccc32)COCC1N. The van der Waals surface area contributed by atoms with Gasteiger partial charge in [0.2, 0.25) is 0 Å². The van der Waals surface area contributed by atoms with Crippen LogP contribution in [0.25, 0.3) is 0 Å². The van der Waals surface area contributed by atoms with Crippen LogP contribution in [0.1, 0.15) is 31.2 Å². The van der Waals surface area contributed by atoms with Crippen molar-refractivity contribution in [2.45, 2.75) is 31.7 Å². The fourth-order valence-electron chi connectivity index (χ4n) is 3.06. The highest BCUT2D eigenvalue weighted by atomic mass is 16.5. The molecule has 0 radical (unpaired) electrons. The van der Waals surface area contributed by atoms with Gasteiger partial charge in [0.05, 0.1) is 25.2 Å². The lowest BCUT2D eigenvalue weighted by molar-refractivity contribution is -0.128. The van der Waals surface area contributed by atoms with Gasteiger partial charge in [0.15, 0.2) is 0 Å². The van der Waals surface area contributed by atoms with Crippen LogP contribution < -0.4 is 10.5 Å². The molecule has 2 heterocycles. The lowest BCUT2D eigenvalue weighted by atomic mass is 9.76. The summed E-state index contributed by atoms with van der Waals surface area (Å²) in [6.07, 6.45) is 1.41.